The van der Waals surface area contributed by atoms with E-state index in [0.717, 1.165) is 35.9 Å². The minimum Gasteiger partial charge on any atom is -0.316 e. The number of rotatable bonds is 6. The van der Waals surface area contributed by atoms with E-state index in [4.69, 9.17) is 0 Å². The molecule has 1 aliphatic carbocycles. The van der Waals surface area contributed by atoms with Crippen LogP contribution in [0.5, 0.6) is 0 Å². The van der Waals surface area contributed by atoms with Crippen molar-refractivity contribution in [3.05, 3.63) is 22.6 Å². The largest absolute Gasteiger partial charge is 0.344 e. The molecule has 0 unspecified atom stereocenters. The highest BCUT2D eigenvalue weighted by molar-refractivity contribution is 7.99. The van der Waals surface area contributed by atoms with Crippen molar-refractivity contribution in [3.8, 4) is 0 Å². The van der Waals surface area contributed by atoms with E-state index in [1.54, 1.807) is 16.3 Å². The third-order valence-electron chi connectivity index (χ3n) is 2.42. The molecule has 0 amide bonds. The van der Waals surface area contributed by atoms with E-state index in [-0.39, 0.29) is 5.69 Å². The van der Waals surface area contributed by atoms with Crippen LogP contribution in [0.3, 0.4) is 0 Å². The van der Waals surface area contributed by atoms with Gasteiger partial charge in [0.15, 0.2) is 5.16 Å². The quantitative estimate of drug-likeness (QED) is 0.569. The van der Waals surface area contributed by atoms with Crippen LogP contribution in [0.2, 0.25) is 0 Å². The zero-order valence-corrected chi connectivity index (χ0v) is 10.1. The summed E-state index contributed by atoms with van der Waals surface area (Å²) in [6.45, 7) is 4.74. The minimum absolute atomic E-state index is 0.0933. The summed E-state index contributed by atoms with van der Waals surface area (Å²) in [5.41, 5.74) is 1.01. The molecule has 2 N–H and O–H groups in total. The highest BCUT2D eigenvalue weighted by Gasteiger charge is 2.28. The Morgan fingerprint density at radius 1 is 1.75 bits per heavy atom. The molecule has 1 heterocycles. The van der Waals surface area contributed by atoms with Crippen LogP contribution >= 0.6 is 11.8 Å². The van der Waals surface area contributed by atoms with Gasteiger partial charge in [-0.05, 0) is 19.9 Å². The summed E-state index contributed by atoms with van der Waals surface area (Å²) in [6.07, 6.45) is 2.18. The molecule has 2 rings (SSSR count). The zero-order chi connectivity index (χ0) is 11.5. The lowest BCUT2D eigenvalue weighted by molar-refractivity contribution is 0.642. The molecular weight excluding hydrogens is 224 g/mol. The molecule has 0 radical (unpaired) electrons. The molecular formula is C10H16N4OS. The maximum Gasteiger partial charge on any atom is 0.344 e. The van der Waals surface area contributed by atoms with Gasteiger partial charge in [-0.1, -0.05) is 23.9 Å². The Balaban J connectivity index is 1.99. The van der Waals surface area contributed by atoms with E-state index >= 15 is 0 Å². The molecule has 0 spiro atoms. The number of hydrogen-bond donors (Lipinski definition) is 2. The Hall–Kier alpha value is -1.01. The Morgan fingerprint density at radius 3 is 3.12 bits per heavy atom. The fourth-order valence-electron chi connectivity index (χ4n) is 1.51. The van der Waals surface area contributed by atoms with Gasteiger partial charge in [0.05, 0.1) is 0 Å². The van der Waals surface area contributed by atoms with Crippen LogP contribution in [0.15, 0.2) is 22.1 Å². The Kier molecular flexibility index (Phi) is 3.50. The van der Waals surface area contributed by atoms with Crippen molar-refractivity contribution in [3.63, 3.8) is 0 Å². The van der Waals surface area contributed by atoms with Gasteiger partial charge in [-0.3, -0.25) is 4.57 Å². The first-order valence-corrected chi connectivity index (χ1v) is 6.32. The van der Waals surface area contributed by atoms with Gasteiger partial charge in [0.1, 0.15) is 0 Å². The van der Waals surface area contributed by atoms with Crippen LogP contribution in [-0.2, 0) is 0 Å². The van der Waals surface area contributed by atoms with Crippen molar-refractivity contribution in [2.75, 3.05) is 19.3 Å². The summed E-state index contributed by atoms with van der Waals surface area (Å²) < 4.78 is 1.76. The van der Waals surface area contributed by atoms with Crippen LogP contribution in [0, 0.1) is 0 Å². The number of likely N-dealkylation sites (N-methyl/N-ethyl adjacent to an activating group) is 1. The van der Waals surface area contributed by atoms with E-state index in [0.29, 0.717) is 6.04 Å². The number of nitrogens with one attached hydrogen (secondary N) is 2. The van der Waals surface area contributed by atoms with Gasteiger partial charge in [-0.2, -0.15) is 0 Å². The van der Waals surface area contributed by atoms with Gasteiger partial charge in [0.25, 0.3) is 0 Å². The first kappa shape index (κ1) is 11.5. The second kappa shape index (κ2) is 4.88. The monoisotopic (exact) mass is 240 g/mol. The first-order chi connectivity index (χ1) is 7.72. The topological polar surface area (TPSA) is 62.7 Å². The van der Waals surface area contributed by atoms with Gasteiger partial charge < -0.3 is 5.32 Å². The second-order valence-corrected chi connectivity index (χ2v) is 4.92. The highest BCUT2D eigenvalue weighted by Crippen LogP contribution is 2.36. The maximum atomic E-state index is 11.5. The van der Waals surface area contributed by atoms with Gasteiger partial charge >= 0.3 is 5.69 Å². The molecule has 16 heavy (non-hydrogen) atoms. The van der Waals surface area contributed by atoms with Crippen LogP contribution in [-0.4, -0.2) is 34.1 Å². The number of aromatic nitrogens is 3. The Labute approximate surface area is 98.3 Å². The van der Waals surface area contributed by atoms with E-state index in [9.17, 15) is 4.79 Å². The molecule has 1 aromatic rings. The summed E-state index contributed by atoms with van der Waals surface area (Å²) in [5, 5.41) is 10.4. The summed E-state index contributed by atoms with van der Waals surface area (Å²) in [5.74, 6) is 0.790. The molecule has 1 aliphatic rings. The fourth-order valence-corrected chi connectivity index (χ4v) is 2.43. The molecule has 0 aromatic carbocycles. The van der Waals surface area contributed by atoms with Crippen molar-refractivity contribution in [1.82, 2.24) is 20.1 Å². The molecule has 0 bridgehead atoms. The average Bonchev–Trinajstić information content (AvgIpc) is 3.01. The van der Waals surface area contributed by atoms with E-state index in [1.165, 1.54) is 0 Å². The van der Waals surface area contributed by atoms with Crippen LogP contribution in [0.1, 0.15) is 18.9 Å². The zero-order valence-electron chi connectivity index (χ0n) is 9.32. The third-order valence-corrected chi connectivity index (χ3v) is 3.52. The lowest BCUT2D eigenvalue weighted by Crippen LogP contribution is -2.16. The standard InChI is InChI=1S/C10H16N4OS/c1-7(5-11-2)6-16-10-13-12-9(15)14(10)8-3-4-8/h8,11H,1,3-6H2,2H3,(H,12,15). The van der Waals surface area contributed by atoms with E-state index in [2.05, 4.69) is 22.1 Å². The number of nitrogens with zero attached hydrogens (tertiary/aromatic N) is 2. The molecule has 1 aromatic heterocycles. The Morgan fingerprint density at radius 2 is 2.50 bits per heavy atom. The van der Waals surface area contributed by atoms with Gasteiger partial charge in [-0.25, -0.2) is 9.89 Å². The van der Waals surface area contributed by atoms with Gasteiger partial charge in [0.2, 0.25) is 0 Å². The second-order valence-electron chi connectivity index (χ2n) is 3.98. The minimum atomic E-state index is -0.0933. The molecule has 0 aliphatic heterocycles. The van der Waals surface area contributed by atoms with Gasteiger partial charge in [-0.15, -0.1) is 5.10 Å². The first-order valence-electron chi connectivity index (χ1n) is 5.33. The molecule has 6 heteroatoms. The molecule has 88 valence electrons. The molecule has 1 fully saturated rings. The van der Waals surface area contributed by atoms with Crippen molar-refractivity contribution in [1.29, 1.82) is 0 Å². The van der Waals surface area contributed by atoms with E-state index < -0.39 is 0 Å². The number of hydrogen-bond acceptors (Lipinski definition) is 4. The van der Waals surface area contributed by atoms with Crippen LogP contribution in [0.4, 0.5) is 0 Å². The lowest BCUT2D eigenvalue weighted by Gasteiger charge is -2.05. The Bertz CT molecular complexity index is 432. The molecule has 5 nitrogen and oxygen atoms in total. The average molecular weight is 240 g/mol. The van der Waals surface area contributed by atoms with Crippen molar-refractivity contribution >= 4 is 11.8 Å². The predicted molar refractivity (Wildman–Crippen MR) is 64.9 cm³/mol. The molecule has 1 saturated carbocycles. The smallest absolute Gasteiger partial charge is 0.316 e. The number of aromatic amines is 1. The maximum absolute atomic E-state index is 11.5. The molecule has 0 atom stereocenters. The summed E-state index contributed by atoms with van der Waals surface area (Å²) >= 11 is 1.57. The number of H-pyrrole nitrogens is 1. The van der Waals surface area contributed by atoms with Crippen molar-refractivity contribution in [2.24, 2.45) is 0 Å². The fraction of sp³-hybridized carbons (Fsp3) is 0.600. The normalized spacial score (nSPS) is 15.3. The highest BCUT2D eigenvalue weighted by atomic mass is 32.2. The van der Waals surface area contributed by atoms with Crippen LogP contribution in [0.25, 0.3) is 0 Å². The van der Waals surface area contributed by atoms with Gasteiger partial charge in [0, 0.05) is 18.3 Å². The van der Waals surface area contributed by atoms with Crippen LogP contribution < -0.4 is 11.0 Å². The van der Waals surface area contributed by atoms with Crippen molar-refractivity contribution < 1.29 is 0 Å². The number of thioether (sulfide) groups is 1. The third kappa shape index (κ3) is 2.56. The molecule has 0 saturated heterocycles. The summed E-state index contributed by atoms with van der Waals surface area (Å²) in [7, 11) is 1.89. The lowest BCUT2D eigenvalue weighted by atomic mass is 10.3. The summed E-state index contributed by atoms with van der Waals surface area (Å²) in [6, 6.07) is 0.367. The predicted octanol–water partition coefficient (Wildman–Crippen LogP) is 0.774. The SMILES string of the molecule is C=C(CNC)CSc1n[nH]c(=O)n1C1CC1. The van der Waals surface area contributed by atoms with Crippen molar-refractivity contribution in [2.45, 2.75) is 24.0 Å². The summed E-state index contributed by atoms with van der Waals surface area (Å²) in [4.78, 5) is 11.5. The van der Waals surface area contributed by atoms with E-state index in [1.807, 2.05) is 7.05 Å².